The van der Waals surface area contributed by atoms with E-state index in [0.717, 1.165) is 5.56 Å². The van der Waals surface area contributed by atoms with Crippen molar-refractivity contribution >= 4 is 39.9 Å². The number of rotatable bonds is 5. The maximum atomic E-state index is 10.5. The van der Waals surface area contributed by atoms with Crippen LogP contribution in [0.3, 0.4) is 0 Å². The van der Waals surface area contributed by atoms with Crippen LogP contribution >= 0.6 is 35.6 Å². The van der Waals surface area contributed by atoms with Crippen molar-refractivity contribution in [3.05, 3.63) is 41.4 Å². The van der Waals surface area contributed by atoms with Crippen molar-refractivity contribution in [2.24, 2.45) is 0 Å². The third kappa shape index (κ3) is 3.11. The Morgan fingerprint density at radius 2 is 2.40 bits per heavy atom. The molecule has 1 unspecified atom stereocenters. The van der Waals surface area contributed by atoms with Gasteiger partial charge in [-0.25, -0.2) is 0 Å². The molecule has 0 saturated carbocycles. The summed E-state index contributed by atoms with van der Waals surface area (Å²) in [5, 5.41) is 11.1. The molecule has 1 saturated heterocycles. The van der Waals surface area contributed by atoms with Gasteiger partial charge in [0.05, 0.1) is 18.9 Å². The number of hydrogen-bond donors (Lipinski definition) is 1. The molecule has 1 fully saturated rings. The number of thioether (sulfide) groups is 1. The highest BCUT2D eigenvalue weighted by Crippen LogP contribution is 2.35. The van der Waals surface area contributed by atoms with Crippen molar-refractivity contribution in [1.29, 1.82) is 0 Å². The summed E-state index contributed by atoms with van der Waals surface area (Å²) in [6.07, 6.45) is 1.52. The first-order valence-corrected chi connectivity index (χ1v) is 7.99. The molecule has 3 nitrogen and oxygen atoms in total. The van der Waals surface area contributed by atoms with Crippen LogP contribution in [0.25, 0.3) is 0 Å². The average Bonchev–Trinajstić information content (AvgIpc) is 2.71. The topological polar surface area (TPSA) is 32.7 Å². The van der Waals surface area contributed by atoms with E-state index in [1.54, 1.807) is 17.0 Å². The van der Waals surface area contributed by atoms with Gasteiger partial charge < -0.3 is 14.7 Å². The molecule has 1 N–H and O–H groups in total. The number of aliphatic hydroxyl groups is 1. The van der Waals surface area contributed by atoms with Crippen LogP contribution in [0.4, 0.5) is 0 Å². The summed E-state index contributed by atoms with van der Waals surface area (Å²) in [6.45, 7) is 6.63. The Bertz CT molecular complexity index is 538. The van der Waals surface area contributed by atoms with E-state index in [-0.39, 0.29) is 0 Å². The van der Waals surface area contributed by atoms with E-state index in [1.165, 1.54) is 17.8 Å². The van der Waals surface area contributed by atoms with E-state index >= 15 is 0 Å². The molecule has 1 atom stereocenters. The molecule has 1 aliphatic rings. The maximum Gasteiger partial charge on any atom is 0.167 e. The molecule has 1 aliphatic heterocycles. The molecule has 20 heavy (non-hydrogen) atoms. The smallest absolute Gasteiger partial charge is 0.167 e. The van der Waals surface area contributed by atoms with Crippen molar-refractivity contribution in [2.75, 3.05) is 12.4 Å². The molecule has 2 rings (SSSR count). The van der Waals surface area contributed by atoms with Crippen LogP contribution < -0.4 is 4.74 Å². The van der Waals surface area contributed by atoms with Gasteiger partial charge in [-0.3, -0.25) is 0 Å². The highest BCUT2D eigenvalue weighted by molar-refractivity contribution is 8.23. The Hall–Kier alpha value is -0.750. The lowest BCUT2D eigenvalue weighted by molar-refractivity contribution is 0.00101. The van der Waals surface area contributed by atoms with Gasteiger partial charge in [-0.05, 0) is 25.1 Å². The third-order valence-electron chi connectivity index (χ3n) is 3.08. The Labute approximate surface area is 133 Å². The molecule has 1 aromatic rings. The summed E-state index contributed by atoms with van der Waals surface area (Å²) in [6, 6.07) is 5.47. The van der Waals surface area contributed by atoms with E-state index in [4.69, 9.17) is 28.6 Å². The first-order chi connectivity index (χ1) is 9.50. The van der Waals surface area contributed by atoms with Crippen LogP contribution in [0.1, 0.15) is 12.5 Å². The molecule has 1 aromatic carbocycles. The molecule has 0 aliphatic carbocycles. The number of hydrogen-bond acceptors (Lipinski definition) is 4. The second-order valence-electron chi connectivity index (χ2n) is 4.41. The molecule has 0 spiro atoms. The predicted octanol–water partition coefficient (Wildman–Crippen LogP) is 3.45. The standard InChI is InChI=1S/C14H16ClNO2S2/c1-3-14(17)9-20-13(19)16(14)8-10-5-6-11(15)7-12(10)18-4-2/h3,5-7,17H,1,4,8-9H2,2H3. The first-order valence-electron chi connectivity index (χ1n) is 6.21. The van der Waals surface area contributed by atoms with Crippen LogP contribution in [-0.4, -0.2) is 32.4 Å². The summed E-state index contributed by atoms with van der Waals surface area (Å²) in [5.41, 5.74) is -0.174. The molecule has 108 valence electrons. The lowest BCUT2D eigenvalue weighted by atomic mass is 10.1. The zero-order valence-corrected chi connectivity index (χ0v) is 13.5. The van der Waals surface area contributed by atoms with E-state index in [1.807, 2.05) is 13.0 Å². The lowest BCUT2D eigenvalue weighted by Gasteiger charge is -2.31. The number of halogens is 1. The molecular formula is C14H16ClNO2S2. The number of nitrogens with zero attached hydrogens (tertiary/aromatic N) is 1. The number of thiocarbonyl (C=S) groups is 1. The van der Waals surface area contributed by atoms with Gasteiger partial charge >= 0.3 is 0 Å². The third-order valence-corrected chi connectivity index (χ3v) is 4.93. The minimum absolute atomic E-state index is 0.459. The van der Waals surface area contributed by atoms with Gasteiger partial charge in [0.2, 0.25) is 0 Å². The predicted molar refractivity (Wildman–Crippen MR) is 88.4 cm³/mol. The maximum absolute atomic E-state index is 10.5. The number of benzene rings is 1. The number of ether oxygens (including phenoxy) is 1. The van der Waals surface area contributed by atoms with Gasteiger partial charge in [0.1, 0.15) is 10.1 Å². The fourth-order valence-corrected chi connectivity index (χ4v) is 3.52. The summed E-state index contributed by atoms with van der Waals surface area (Å²) >= 11 is 12.7. The highest BCUT2D eigenvalue weighted by atomic mass is 35.5. The van der Waals surface area contributed by atoms with Crippen LogP contribution in [0, 0.1) is 0 Å². The monoisotopic (exact) mass is 329 g/mol. The quantitative estimate of drug-likeness (QED) is 0.661. The first kappa shape index (κ1) is 15.6. The lowest BCUT2D eigenvalue weighted by Crippen LogP contribution is -2.44. The van der Waals surface area contributed by atoms with Crippen LogP contribution in [0.2, 0.25) is 5.02 Å². The normalized spacial score (nSPS) is 22.1. The molecule has 0 amide bonds. The van der Waals surface area contributed by atoms with E-state index in [2.05, 4.69) is 6.58 Å². The summed E-state index contributed by atoms with van der Waals surface area (Å²) in [7, 11) is 0. The highest BCUT2D eigenvalue weighted by Gasteiger charge is 2.40. The van der Waals surface area contributed by atoms with E-state index in [0.29, 0.717) is 34.0 Å². The van der Waals surface area contributed by atoms with Crippen molar-refractivity contribution < 1.29 is 9.84 Å². The molecule has 0 radical (unpaired) electrons. The second kappa shape index (κ2) is 6.35. The summed E-state index contributed by atoms with van der Waals surface area (Å²) in [4.78, 5) is 1.76. The van der Waals surface area contributed by atoms with Gasteiger partial charge in [0.25, 0.3) is 0 Å². The van der Waals surface area contributed by atoms with E-state index in [9.17, 15) is 5.11 Å². The van der Waals surface area contributed by atoms with Crippen LogP contribution in [0.15, 0.2) is 30.9 Å². The zero-order valence-electron chi connectivity index (χ0n) is 11.1. The van der Waals surface area contributed by atoms with E-state index < -0.39 is 5.72 Å². The molecule has 0 aromatic heterocycles. The van der Waals surface area contributed by atoms with Crippen molar-refractivity contribution in [3.8, 4) is 5.75 Å². The molecule has 1 heterocycles. The Morgan fingerprint density at radius 3 is 3.05 bits per heavy atom. The zero-order chi connectivity index (χ0) is 14.8. The van der Waals surface area contributed by atoms with Crippen LogP contribution in [0.5, 0.6) is 5.75 Å². The fourth-order valence-electron chi connectivity index (χ4n) is 1.97. The minimum atomic E-state index is -1.11. The second-order valence-corrected chi connectivity index (χ2v) is 6.45. The van der Waals surface area contributed by atoms with Gasteiger partial charge in [0.15, 0.2) is 5.72 Å². The Balaban J connectivity index is 2.29. The average molecular weight is 330 g/mol. The van der Waals surface area contributed by atoms with Gasteiger partial charge in [-0.15, -0.1) is 0 Å². The molecule has 0 bridgehead atoms. The van der Waals surface area contributed by atoms with Crippen molar-refractivity contribution in [3.63, 3.8) is 0 Å². The Kier molecular flexibility index (Phi) is 4.96. The fraction of sp³-hybridized carbons (Fsp3) is 0.357. The van der Waals surface area contributed by atoms with Crippen molar-refractivity contribution in [2.45, 2.75) is 19.2 Å². The Morgan fingerprint density at radius 1 is 1.65 bits per heavy atom. The summed E-state index contributed by atoms with van der Waals surface area (Å²) < 4.78 is 6.25. The van der Waals surface area contributed by atoms with Crippen molar-refractivity contribution in [1.82, 2.24) is 4.90 Å². The molecular weight excluding hydrogens is 314 g/mol. The SMILES string of the molecule is C=CC1(O)CSC(=S)N1Cc1ccc(Cl)cc1OCC. The minimum Gasteiger partial charge on any atom is -0.493 e. The van der Waals surface area contributed by atoms with Gasteiger partial charge in [-0.1, -0.05) is 48.2 Å². The van der Waals surface area contributed by atoms with Gasteiger partial charge in [-0.2, -0.15) is 0 Å². The largest absolute Gasteiger partial charge is 0.493 e. The van der Waals surface area contributed by atoms with Crippen LogP contribution in [-0.2, 0) is 6.54 Å². The summed E-state index contributed by atoms with van der Waals surface area (Å²) in [5.74, 6) is 1.21. The molecule has 6 heteroatoms. The van der Waals surface area contributed by atoms with Gasteiger partial charge in [0, 0.05) is 10.6 Å².